The number of carboxylic acids is 1. The summed E-state index contributed by atoms with van der Waals surface area (Å²) in [7, 11) is 0. The van der Waals surface area contributed by atoms with Gasteiger partial charge in [0.2, 0.25) is 0 Å². The minimum absolute atomic E-state index is 0.248. The van der Waals surface area contributed by atoms with Gasteiger partial charge in [-0.1, -0.05) is 18.6 Å². The Bertz CT molecular complexity index is 682. The van der Waals surface area contributed by atoms with Crippen LogP contribution in [0.1, 0.15) is 55.2 Å². The molecular formula is C18H24N2O2. The summed E-state index contributed by atoms with van der Waals surface area (Å²) < 4.78 is 2.20. The molecule has 0 spiro atoms. The van der Waals surface area contributed by atoms with E-state index >= 15 is 0 Å². The molecule has 2 aromatic rings. The maximum absolute atomic E-state index is 11.6. The first-order valence-electron chi connectivity index (χ1n) is 8.16. The lowest BCUT2D eigenvalue weighted by Gasteiger charge is -2.27. The number of hydrogen-bond donors (Lipinski definition) is 1. The van der Waals surface area contributed by atoms with Gasteiger partial charge in [-0.3, -0.25) is 4.90 Å². The quantitative estimate of drug-likeness (QED) is 0.931. The van der Waals surface area contributed by atoms with Crippen molar-refractivity contribution in [3.8, 4) is 0 Å². The molecule has 1 aliphatic rings. The fourth-order valence-electron chi connectivity index (χ4n) is 3.57. The maximum Gasteiger partial charge on any atom is 0.337 e. The number of aromatic carboxylic acids is 1. The van der Waals surface area contributed by atoms with E-state index in [-0.39, 0.29) is 6.04 Å². The van der Waals surface area contributed by atoms with Gasteiger partial charge < -0.3 is 9.67 Å². The lowest BCUT2D eigenvalue weighted by molar-refractivity contribution is 0.0698. The van der Waals surface area contributed by atoms with Crippen LogP contribution in [0.2, 0.25) is 0 Å². The van der Waals surface area contributed by atoms with Crippen LogP contribution < -0.4 is 0 Å². The van der Waals surface area contributed by atoms with E-state index in [4.69, 9.17) is 0 Å². The first kappa shape index (κ1) is 15.1. The van der Waals surface area contributed by atoms with Crippen molar-refractivity contribution in [1.29, 1.82) is 0 Å². The van der Waals surface area contributed by atoms with Crippen LogP contribution in [0, 0.1) is 0 Å². The summed E-state index contributed by atoms with van der Waals surface area (Å²) in [6.07, 6.45) is 3.86. The first-order chi connectivity index (χ1) is 10.6. The van der Waals surface area contributed by atoms with Crippen molar-refractivity contribution >= 4 is 16.9 Å². The molecule has 0 bridgehead atoms. The van der Waals surface area contributed by atoms with Gasteiger partial charge in [-0.15, -0.1) is 0 Å². The van der Waals surface area contributed by atoms with Crippen molar-refractivity contribution in [1.82, 2.24) is 9.47 Å². The molecule has 4 nitrogen and oxygen atoms in total. The molecule has 3 rings (SSSR count). The van der Waals surface area contributed by atoms with E-state index in [9.17, 15) is 9.90 Å². The van der Waals surface area contributed by atoms with Crippen LogP contribution in [0.15, 0.2) is 24.3 Å². The number of fused-ring (bicyclic) bond motifs is 1. The first-order valence-corrected chi connectivity index (χ1v) is 8.16. The van der Waals surface area contributed by atoms with E-state index in [0.717, 1.165) is 30.5 Å². The average molecular weight is 300 g/mol. The standard InChI is InChI=1S/C18H24N2O2/c1-13(2)20-15(12-19-9-4-3-5-10-19)11-14-7-6-8-16(17(14)20)18(21)22/h6-8,11,13H,3-5,9-10,12H2,1-2H3,(H,21,22). The minimum Gasteiger partial charge on any atom is -0.478 e. The Kier molecular flexibility index (Phi) is 4.21. The van der Waals surface area contributed by atoms with Crippen LogP contribution in [0.3, 0.4) is 0 Å². The topological polar surface area (TPSA) is 45.5 Å². The molecule has 0 atom stereocenters. The van der Waals surface area contributed by atoms with E-state index in [1.54, 1.807) is 6.07 Å². The second kappa shape index (κ2) is 6.13. The zero-order valence-electron chi connectivity index (χ0n) is 13.4. The average Bonchev–Trinajstić information content (AvgIpc) is 2.85. The highest BCUT2D eigenvalue weighted by Gasteiger charge is 2.20. The molecule has 0 radical (unpaired) electrons. The number of likely N-dealkylation sites (tertiary alicyclic amines) is 1. The van der Waals surface area contributed by atoms with Crippen LogP contribution in [-0.4, -0.2) is 33.6 Å². The van der Waals surface area contributed by atoms with Crippen LogP contribution in [0.5, 0.6) is 0 Å². The van der Waals surface area contributed by atoms with Gasteiger partial charge in [0, 0.05) is 23.7 Å². The van der Waals surface area contributed by atoms with Gasteiger partial charge >= 0.3 is 5.97 Å². The summed E-state index contributed by atoms with van der Waals surface area (Å²) in [6.45, 7) is 7.44. The summed E-state index contributed by atoms with van der Waals surface area (Å²) in [5, 5.41) is 10.5. The summed E-state index contributed by atoms with van der Waals surface area (Å²) in [5.41, 5.74) is 2.48. The fourth-order valence-corrected chi connectivity index (χ4v) is 3.57. The molecule has 2 heterocycles. The number of piperidine rings is 1. The van der Waals surface area contributed by atoms with Gasteiger partial charge in [-0.2, -0.15) is 0 Å². The van der Waals surface area contributed by atoms with Gasteiger partial charge in [0.1, 0.15) is 0 Å². The number of benzene rings is 1. The van der Waals surface area contributed by atoms with Crippen molar-refractivity contribution in [2.45, 2.75) is 45.7 Å². The third-order valence-corrected chi connectivity index (χ3v) is 4.52. The Hall–Kier alpha value is -1.81. The largest absolute Gasteiger partial charge is 0.478 e. The Labute approximate surface area is 131 Å². The lowest BCUT2D eigenvalue weighted by Crippen LogP contribution is -2.30. The summed E-state index contributed by atoms with van der Waals surface area (Å²) in [6, 6.07) is 7.96. The number of rotatable bonds is 4. The van der Waals surface area contributed by atoms with Gasteiger partial charge in [0.25, 0.3) is 0 Å². The second-order valence-corrected chi connectivity index (χ2v) is 6.48. The maximum atomic E-state index is 11.6. The predicted octanol–water partition coefficient (Wildman–Crippen LogP) is 3.91. The van der Waals surface area contributed by atoms with Crippen LogP contribution >= 0.6 is 0 Å². The summed E-state index contributed by atoms with van der Waals surface area (Å²) >= 11 is 0. The van der Waals surface area contributed by atoms with Crippen molar-refractivity contribution < 1.29 is 9.90 Å². The van der Waals surface area contributed by atoms with E-state index in [0.29, 0.717) is 5.56 Å². The molecule has 0 amide bonds. The number of para-hydroxylation sites is 1. The van der Waals surface area contributed by atoms with Crippen molar-refractivity contribution in [2.75, 3.05) is 13.1 Å². The zero-order valence-corrected chi connectivity index (χ0v) is 13.4. The van der Waals surface area contributed by atoms with Gasteiger partial charge in [-0.25, -0.2) is 4.79 Å². The molecule has 4 heteroatoms. The molecule has 0 aliphatic carbocycles. The normalized spacial score (nSPS) is 16.5. The summed E-state index contributed by atoms with van der Waals surface area (Å²) in [5.74, 6) is -0.852. The predicted molar refractivity (Wildman–Crippen MR) is 88.4 cm³/mol. The number of nitrogens with zero attached hydrogens (tertiary/aromatic N) is 2. The molecule has 1 aliphatic heterocycles. The van der Waals surface area contributed by atoms with E-state index < -0.39 is 5.97 Å². The van der Waals surface area contributed by atoms with Crippen molar-refractivity contribution in [3.05, 3.63) is 35.5 Å². The lowest BCUT2D eigenvalue weighted by atomic mass is 10.1. The van der Waals surface area contributed by atoms with Crippen molar-refractivity contribution in [3.63, 3.8) is 0 Å². The van der Waals surface area contributed by atoms with E-state index in [1.807, 2.05) is 12.1 Å². The molecule has 1 saturated heterocycles. The van der Waals surface area contributed by atoms with Gasteiger partial charge in [0.15, 0.2) is 0 Å². The third kappa shape index (κ3) is 2.75. The molecule has 118 valence electrons. The highest BCUT2D eigenvalue weighted by molar-refractivity contribution is 6.02. The Morgan fingerprint density at radius 1 is 1.23 bits per heavy atom. The molecule has 0 unspecified atom stereocenters. The van der Waals surface area contributed by atoms with E-state index in [2.05, 4.69) is 29.4 Å². The minimum atomic E-state index is -0.852. The SMILES string of the molecule is CC(C)n1c(CN2CCCCC2)cc2cccc(C(=O)O)c21. The number of hydrogen-bond acceptors (Lipinski definition) is 2. The third-order valence-electron chi connectivity index (χ3n) is 4.52. The molecular weight excluding hydrogens is 276 g/mol. The molecule has 1 aromatic carbocycles. The zero-order chi connectivity index (χ0) is 15.7. The van der Waals surface area contributed by atoms with Crippen LogP contribution in [0.25, 0.3) is 10.9 Å². The number of carbonyl (C=O) groups is 1. The highest BCUT2D eigenvalue weighted by atomic mass is 16.4. The molecule has 1 N–H and O–H groups in total. The number of aromatic nitrogens is 1. The molecule has 22 heavy (non-hydrogen) atoms. The Morgan fingerprint density at radius 2 is 1.95 bits per heavy atom. The monoisotopic (exact) mass is 300 g/mol. The number of carboxylic acid groups (broad SMARTS) is 1. The molecule has 1 fully saturated rings. The molecule has 1 aromatic heterocycles. The van der Waals surface area contributed by atoms with Gasteiger partial charge in [-0.05, 0) is 51.9 Å². The second-order valence-electron chi connectivity index (χ2n) is 6.48. The van der Waals surface area contributed by atoms with Crippen LogP contribution in [-0.2, 0) is 6.54 Å². The summed E-state index contributed by atoms with van der Waals surface area (Å²) in [4.78, 5) is 14.0. The van der Waals surface area contributed by atoms with Crippen LogP contribution in [0.4, 0.5) is 0 Å². The highest BCUT2D eigenvalue weighted by Crippen LogP contribution is 2.28. The van der Waals surface area contributed by atoms with E-state index in [1.165, 1.54) is 25.0 Å². The smallest absolute Gasteiger partial charge is 0.337 e. The van der Waals surface area contributed by atoms with Gasteiger partial charge in [0.05, 0.1) is 11.1 Å². The van der Waals surface area contributed by atoms with Crippen molar-refractivity contribution in [2.24, 2.45) is 0 Å². The Morgan fingerprint density at radius 3 is 2.59 bits per heavy atom. The fraction of sp³-hybridized carbons (Fsp3) is 0.500. The Balaban J connectivity index is 2.07. The molecule has 0 saturated carbocycles.